The molecular formula is C20H28N4O. The number of rotatable bonds is 7. The van der Waals surface area contributed by atoms with E-state index in [1.165, 1.54) is 24.8 Å². The molecule has 2 aromatic rings. The first-order valence-electron chi connectivity index (χ1n) is 9.44. The van der Waals surface area contributed by atoms with Crippen molar-refractivity contribution in [2.75, 3.05) is 26.2 Å². The monoisotopic (exact) mass is 340 g/mol. The number of aromatic nitrogens is 2. The molecule has 1 aliphatic carbocycles. The van der Waals surface area contributed by atoms with E-state index in [2.05, 4.69) is 45.6 Å². The molecule has 1 N–H and O–H groups in total. The second kappa shape index (κ2) is 7.58. The maximum atomic E-state index is 5.70. The van der Waals surface area contributed by atoms with Crippen molar-refractivity contribution in [3.8, 4) is 5.88 Å². The fraction of sp³-hybridized carbons (Fsp3) is 0.550. The van der Waals surface area contributed by atoms with Crippen LogP contribution in [-0.4, -0.2) is 53.0 Å². The van der Waals surface area contributed by atoms with Gasteiger partial charge in [0.1, 0.15) is 6.61 Å². The molecule has 1 aromatic heterocycles. The van der Waals surface area contributed by atoms with Crippen molar-refractivity contribution < 1.29 is 4.74 Å². The van der Waals surface area contributed by atoms with Gasteiger partial charge in [-0.2, -0.15) is 0 Å². The van der Waals surface area contributed by atoms with Gasteiger partial charge in [0.25, 0.3) is 0 Å². The molecule has 5 nitrogen and oxygen atoms in total. The highest BCUT2D eigenvalue weighted by molar-refractivity contribution is 5.27. The molecule has 2 heterocycles. The SMILES string of the molecule is Cn1ccc(OCCN2CCC(N[C@@H]3C[C@H]3c3ccccc3)CC2)n1. The average Bonchev–Trinajstić information content (AvgIpc) is 3.29. The van der Waals surface area contributed by atoms with Gasteiger partial charge in [0.2, 0.25) is 5.88 Å². The lowest BCUT2D eigenvalue weighted by molar-refractivity contribution is 0.161. The van der Waals surface area contributed by atoms with Crippen molar-refractivity contribution in [1.82, 2.24) is 20.0 Å². The van der Waals surface area contributed by atoms with Crippen LogP contribution < -0.4 is 10.1 Å². The summed E-state index contributed by atoms with van der Waals surface area (Å²) in [6.07, 6.45) is 5.68. The van der Waals surface area contributed by atoms with Gasteiger partial charge in [0, 0.05) is 43.9 Å². The van der Waals surface area contributed by atoms with Gasteiger partial charge < -0.3 is 10.1 Å². The molecule has 2 fully saturated rings. The molecule has 0 spiro atoms. The van der Waals surface area contributed by atoms with Crippen molar-refractivity contribution in [3.63, 3.8) is 0 Å². The summed E-state index contributed by atoms with van der Waals surface area (Å²) in [4.78, 5) is 2.50. The molecule has 4 rings (SSSR count). The number of ether oxygens (including phenoxy) is 1. The third kappa shape index (κ3) is 4.41. The topological polar surface area (TPSA) is 42.3 Å². The van der Waals surface area contributed by atoms with Crippen molar-refractivity contribution >= 4 is 0 Å². The molecule has 1 aliphatic heterocycles. The molecule has 0 bridgehead atoms. The van der Waals surface area contributed by atoms with E-state index in [-0.39, 0.29) is 0 Å². The zero-order chi connectivity index (χ0) is 17.1. The molecule has 5 heteroatoms. The Morgan fingerprint density at radius 2 is 1.96 bits per heavy atom. The number of hydrogen-bond acceptors (Lipinski definition) is 4. The Hall–Kier alpha value is -1.85. The van der Waals surface area contributed by atoms with Gasteiger partial charge in [0.05, 0.1) is 0 Å². The van der Waals surface area contributed by atoms with Gasteiger partial charge in [-0.05, 0) is 37.9 Å². The Morgan fingerprint density at radius 1 is 1.16 bits per heavy atom. The fourth-order valence-electron chi connectivity index (χ4n) is 3.82. The van der Waals surface area contributed by atoms with E-state index in [4.69, 9.17) is 4.74 Å². The zero-order valence-electron chi connectivity index (χ0n) is 15.0. The predicted molar refractivity (Wildman–Crippen MR) is 98.9 cm³/mol. The van der Waals surface area contributed by atoms with Gasteiger partial charge in [-0.15, -0.1) is 5.10 Å². The van der Waals surface area contributed by atoms with Crippen molar-refractivity contribution in [1.29, 1.82) is 0 Å². The van der Waals surface area contributed by atoms with Crippen molar-refractivity contribution in [3.05, 3.63) is 48.2 Å². The number of nitrogens with zero attached hydrogens (tertiary/aromatic N) is 3. The van der Waals surface area contributed by atoms with Crippen LogP contribution in [0.4, 0.5) is 0 Å². The molecule has 2 atom stereocenters. The van der Waals surface area contributed by atoms with Crippen molar-refractivity contribution in [2.45, 2.75) is 37.3 Å². The molecule has 0 radical (unpaired) electrons. The maximum Gasteiger partial charge on any atom is 0.232 e. The summed E-state index contributed by atoms with van der Waals surface area (Å²) in [7, 11) is 1.91. The Morgan fingerprint density at radius 3 is 2.68 bits per heavy atom. The van der Waals surface area contributed by atoms with E-state index in [0.717, 1.165) is 31.4 Å². The summed E-state index contributed by atoms with van der Waals surface area (Å²) >= 11 is 0. The zero-order valence-corrected chi connectivity index (χ0v) is 15.0. The lowest BCUT2D eigenvalue weighted by atomic mass is 10.0. The second-order valence-corrected chi connectivity index (χ2v) is 7.32. The molecule has 1 aromatic carbocycles. The fourth-order valence-corrected chi connectivity index (χ4v) is 3.82. The van der Waals surface area contributed by atoms with E-state index in [1.807, 2.05) is 19.3 Å². The Labute approximate surface area is 150 Å². The predicted octanol–water partition coefficient (Wildman–Crippen LogP) is 2.41. The first kappa shape index (κ1) is 16.6. The third-order valence-corrected chi connectivity index (χ3v) is 5.40. The van der Waals surface area contributed by atoms with E-state index in [9.17, 15) is 0 Å². The highest BCUT2D eigenvalue weighted by atomic mass is 16.5. The number of aryl methyl sites for hydroxylation is 1. The van der Waals surface area contributed by atoms with Crippen LogP contribution in [0.1, 0.15) is 30.7 Å². The Bertz CT molecular complexity index is 663. The van der Waals surface area contributed by atoms with Crippen LogP contribution in [0.3, 0.4) is 0 Å². The number of piperidine rings is 1. The summed E-state index contributed by atoms with van der Waals surface area (Å²) in [6.45, 7) is 4.02. The molecule has 1 saturated carbocycles. The van der Waals surface area contributed by atoms with Crippen LogP contribution in [0.15, 0.2) is 42.6 Å². The van der Waals surface area contributed by atoms with Gasteiger partial charge in [-0.3, -0.25) is 9.58 Å². The van der Waals surface area contributed by atoms with E-state index in [0.29, 0.717) is 18.7 Å². The third-order valence-electron chi connectivity index (χ3n) is 5.40. The summed E-state index contributed by atoms with van der Waals surface area (Å²) in [5.74, 6) is 1.45. The number of nitrogens with one attached hydrogen (secondary N) is 1. The maximum absolute atomic E-state index is 5.70. The van der Waals surface area contributed by atoms with Crippen LogP contribution in [0, 0.1) is 0 Å². The molecule has 25 heavy (non-hydrogen) atoms. The van der Waals surface area contributed by atoms with E-state index in [1.54, 1.807) is 4.68 Å². The quantitative estimate of drug-likeness (QED) is 0.840. The summed E-state index contributed by atoms with van der Waals surface area (Å²) < 4.78 is 7.48. The van der Waals surface area contributed by atoms with Gasteiger partial charge in [0.15, 0.2) is 0 Å². The highest BCUT2D eigenvalue weighted by Crippen LogP contribution is 2.41. The summed E-state index contributed by atoms with van der Waals surface area (Å²) in [6, 6.07) is 14.2. The van der Waals surface area contributed by atoms with Crippen molar-refractivity contribution in [2.24, 2.45) is 7.05 Å². The van der Waals surface area contributed by atoms with Gasteiger partial charge >= 0.3 is 0 Å². The largest absolute Gasteiger partial charge is 0.475 e. The number of likely N-dealkylation sites (tertiary alicyclic amines) is 1. The first-order valence-corrected chi connectivity index (χ1v) is 9.44. The minimum absolute atomic E-state index is 0.673. The first-order chi connectivity index (χ1) is 12.3. The van der Waals surface area contributed by atoms with Crippen LogP contribution in [0.2, 0.25) is 0 Å². The number of benzene rings is 1. The van der Waals surface area contributed by atoms with E-state index < -0.39 is 0 Å². The molecule has 2 aliphatic rings. The lowest BCUT2D eigenvalue weighted by Gasteiger charge is -2.32. The number of hydrogen-bond donors (Lipinski definition) is 1. The minimum atomic E-state index is 0.673. The normalized spacial score (nSPS) is 24.4. The molecule has 134 valence electrons. The second-order valence-electron chi connectivity index (χ2n) is 7.32. The summed E-state index contributed by atoms with van der Waals surface area (Å²) in [5, 5.41) is 8.12. The van der Waals surface area contributed by atoms with Crippen LogP contribution in [0.25, 0.3) is 0 Å². The van der Waals surface area contributed by atoms with E-state index >= 15 is 0 Å². The molecule has 0 amide bonds. The van der Waals surface area contributed by atoms with Crippen LogP contribution >= 0.6 is 0 Å². The van der Waals surface area contributed by atoms with Crippen LogP contribution in [0.5, 0.6) is 5.88 Å². The smallest absolute Gasteiger partial charge is 0.232 e. The standard InChI is InChI=1S/C20H28N4O/c1-23-10-9-20(22-23)25-14-13-24-11-7-17(8-12-24)21-19-15-18(19)16-5-3-2-4-6-16/h2-6,9-10,17-19,21H,7-8,11-15H2,1H3/t18-,19+/m0/s1. The lowest BCUT2D eigenvalue weighted by Crippen LogP contribution is -2.44. The summed E-state index contributed by atoms with van der Waals surface area (Å²) in [5.41, 5.74) is 1.49. The molecule has 0 unspecified atom stereocenters. The molecular weight excluding hydrogens is 312 g/mol. The van der Waals surface area contributed by atoms with Gasteiger partial charge in [-0.1, -0.05) is 30.3 Å². The minimum Gasteiger partial charge on any atom is -0.475 e. The Kier molecular flexibility index (Phi) is 5.04. The average molecular weight is 340 g/mol. The van der Waals surface area contributed by atoms with Crippen LogP contribution in [-0.2, 0) is 7.05 Å². The highest BCUT2D eigenvalue weighted by Gasteiger charge is 2.39. The van der Waals surface area contributed by atoms with Gasteiger partial charge in [-0.25, -0.2) is 0 Å². The molecule has 1 saturated heterocycles. The Balaban J connectivity index is 1.13.